The van der Waals surface area contributed by atoms with Gasteiger partial charge >= 0.3 is 0 Å². The van der Waals surface area contributed by atoms with Gasteiger partial charge in [-0.05, 0) is 49.3 Å². The summed E-state index contributed by atoms with van der Waals surface area (Å²) < 4.78 is 0. The maximum absolute atomic E-state index is 12.8. The highest BCUT2D eigenvalue weighted by Crippen LogP contribution is 2.35. The van der Waals surface area contributed by atoms with Crippen molar-refractivity contribution in [2.24, 2.45) is 11.7 Å². The van der Waals surface area contributed by atoms with Crippen LogP contribution in [-0.4, -0.2) is 40.3 Å². The van der Waals surface area contributed by atoms with E-state index in [1.165, 1.54) is 5.56 Å². The first-order chi connectivity index (χ1) is 14.3. The van der Waals surface area contributed by atoms with Crippen LogP contribution in [0.5, 0.6) is 0 Å². The van der Waals surface area contributed by atoms with Crippen LogP contribution in [0.25, 0.3) is 0 Å². The summed E-state index contributed by atoms with van der Waals surface area (Å²) in [5, 5.41) is 2.96. The van der Waals surface area contributed by atoms with Gasteiger partial charge in [0, 0.05) is 18.8 Å². The molecule has 7 nitrogen and oxygen atoms in total. The smallest absolute Gasteiger partial charge is 0.237 e. The third-order valence-electron chi connectivity index (χ3n) is 6.28. The Bertz CT molecular complexity index is 902. The van der Waals surface area contributed by atoms with Crippen LogP contribution in [0.4, 0.5) is 5.82 Å². The molecule has 0 saturated carbocycles. The number of likely N-dealkylation sites (tertiary alicyclic amines) is 1. The molecule has 2 amide bonds. The van der Waals surface area contributed by atoms with E-state index in [0.29, 0.717) is 25.3 Å². The van der Waals surface area contributed by atoms with E-state index < -0.39 is 12.1 Å². The number of nitrogens with two attached hydrogens (primary N) is 2. The number of nitrogen functional groups attached to an aromatic ring is 1. The zero-order valence-corrected chi connectivity index (χ0v) is 17.8. The topological polar surface area (TPSA) is 114 Å². The normalized spacial score (nSPS) is 21.2. The minimum atomic E-state index is -0.461. The van der Waals surface area contributed by atoms with Gasteiger partial charge in [0.1, 0.15) is 5.82 Å². The first-order valence-electron chi connectivity index (χ1n) is 10.4. The Labute approximate surface area is 177 Å². The van der Waals surface area contributed by atoms with Crippen LogP contribution in [0.15, 0.2) is 42.5 Å². The Morgan fingerprint density at radius 2 is 1.90 bits per heavy atom. The van der Waals surface area contributed by atoms with Gasteiger partial charge in [0.15, 0.2) is 0 Å². The molecule has 2 heterocycles. The van der Waals surface area contributed by atoms with Crippen molar-refractivity contribution < 1.29 is 9.59 Å². The number of aromatic nitrogens is 1. The predicted molar refractivity (Wildman–Crippen MR) is 117 cm³/mol. The Morgan fingerprint density at radius 1 is 1.20 bits per heavy atom. The minimum absolute atomic E-state index is 0.134. The zero-order chi connectivity index (χ0) is 21.8. The molecule has 1 aliphatic rings. The van der Waals surface area contributed by atoms with E-state index >= 15 is 0 Å². The molecule has 3 unspecified atom stereocenters. The maximum Gasteiger partial charge on any atom is 0.237 e. The lowest BCUT2D eigenvalue weighted by molar-refractivity contribution is -0.129. The van der Waals surface area contributed by atoms with Gasteiger partial charge in [-0.1, -0.05) is 43.3 Å². The molecule has 1 fully saturated rings. The summed E-state index contributed by atoms with van der Waals surface area (Å²) in [4.78, 5) is 31.1. The molecule has 0 bridgehead atoms. The molecule has 4 atom stereocenters. The third-order valence-corrected chi connectivity index (χ3v) is 6.28. The Morgan fingerprint density at radius 3 is 2.53 bits per heavy atom. The van der Waals surface area contributed by atoms with Crippen molar-refractivity contribution >= 4 is 17.6 Å². The minimum Gasteiger partial charge on any atom is -0.384 e. The van der Waals surface area contributed by atoms with Crippen LogP contribution >= 0.6 is 0 Å². The monoisotopic (exact) mass is 409 g/mol. The van der Waals surface area contributed by atoms with Gasteiger partial charge in [0.05, 0.1) is 12.1 Å². The number of anilines is 1. The van der Waals surface area contributed by atoms with E-state index in [4.69, 9.17) is 11.5 Å². The van der Waals surface area contributed by atoms with Crippen molar-refractivity contribution in [2.75, 3.05) is 12.3 Å². The SMILES string of the molecule is Cc1nc(N)ccc1CNC(=O)[C@H](C)N1CC(C(C)c2ccccc2)CC1C(N)=O. The van der Waals surface area contributed by atoms with E-state index in [-0.39, 0.29) is 23.7 Å². The van der Waals surface area contributed by atoms with E-state index in [1.807, 2.05) is 43.0 Å². The largest absolute Gasteiger partial charge is 0.384 e. The Kier molecular flexibility index (Phi) is 6.72. The van der Waals surface area contributed by atoms with Gasteiger partial charge in [0.25, 0.3) is 0 Å². The molecular formula is C23H31N5O2. The number of primary amides is 1. The number of nitrogens with zero attached hydrogens (tertiary/aromatic N) is 2. The van der Waals surface area contributed by atoms with Crippen LogP contribution in [0, 0.1) is 12.8 Å². The number of benzene rings is 1. The van der Waals surface area contributed by atoms with Gasteiger partial charge in [-0.2, -0.15) is 0 Å². The average molecular weight is 410 g/mol. The molecule has 0 spiro atoms. The number of aryl methyl sites for hydroxylation is 1. The van der Waals surface area contributed by atoms with Gasteiger partial charge in [-0.3, -0.25) is 14.5 Å². The van der Waals surface area contributed by atoms with Crippen molar-refractivity contribution in [2.45, 2.75) is 51.7 Å². The molecule has 7 heteroatoms. The van der Waals surface area contributed by atoms with Gasteiger partial charge in [-0.25, -0.2) is 4.98 Å². The number of hydrogen-bond donors (Lipinski definition) is 3. The molecule has 0 radical (unpaired) electrons. The fourth-order valence-corrected chi connectivity index (χ4v) is 4.27. The third kappa shape index (κ3) is 4.79. The average Bonchev–Trinajstić information content (AvgIpc) is 3.18. The molecular weight excluding hydrogens is 378 g/mol. The second kappa shape index (κ2) is 9.26. The summed E-state index contributed by atoms with van der Waals surface area (Å²) in [5.74, 6) is 0.470. The number of nitrogens with one attached hydrogen (secondary N) is 1. The van der Waals surface area contributed by atoms with Crippen molar-refractivity contribution in [3.63, 3.8) is 0 Å². The van der Waals surface area contributed by atoms with E-state index in [0.717, 1.165) is 11.3 Å². The quantitative estimate of drug-likeness (QED) is 0.647. The van der Waals surface area contributed by atoms with Crippen molar-refractivity contribution in [3.05, 3.63) is 59.3 Å². The fraction of sp³-hybridized carbons (Fsp3) is 0.435. The van der Waals surface area contributed by atoms with E-state index in [9.17, 15) is 9.59 Å². The lowest BCUT2D eigenvalue weighted by Crippen LogP contribution is -2.51. The highest BCUT2D eigenvalue weighted by Gasteiger charge is 2.42. The highest BCUT2D eigenvalue weighted by atomic mass is 16.2. The standard InChI is InChI=1S/C23H31N5O2/c1-14(17-7-5-4-6-8-17)19-11-20(22(25)29)28(13-19)16(3)23(30)26-12-18-9-10-21(24)27-15(18)2/h4-10,14,16,19-20H,11-13H2,1-3H3,(H2,24,27)(H2,25,29)(H,26,30)/t14?,16-,19?,20?/m0/s1. The van der Waals surface area contributed by atoms with E-state index in [2.05, 4.69) is 29.4 Å². The zero-order valence-electron chi connectivity index (χ0n) is 17.8. The molecule has 30 heavy (non-hydrogen) atoms. The second-order valence-electron chi connectivity index (χ2n) is 8.18. The number of hydrogen-bond acceptors (Lipinski definition) is 5. The van der Waals surface area contributed by atoms with Gasteiger partial charge < -0.3 is 16.8 Å². The number of amides is 2. The number of rotatable bonds is 7. The molecule has 1 saturated heterocycles. The molecule has 1 aromatic heterocycles. The molecule has 2 aromatic rings. The first-order valence-corrected chi connectivity index (χ1v) is 10.4. The maximum atomic E-state index is 12.8. The lowest BCUT2D eigenvalue weighted by Gasteiger charge is -2.28. The van der Waals surface area contributed by atoms with Gasteiger partial charge in [-0.15, -0.1) is 0 Å². The number of pyridine rings is 1. The van der Waals surface area contributed by atoms with E-state index in [1.54, 1.807) is 6.07 Å². The second-order valence-corrected chi connectivity index (χ2v) is 8.18. The fourth-order valence-electron chi connectivity index (χ4n) is 4.27. The summed E-state index contributed by atoms with van der Waals surface area (Å²) >= 11 is 0. The lowest BCUT2D eigenvalue weighted by atomic mass is 9.86. The highest BCUT2D eigenvalue weighted by molar-refractivity contribution is 5.84. The molecule has 1 aromatic carbocycles. The summed E-state index contributed by atoms with van der Waals surface area (Å²) in [6, 6.07) is 12.9. The van der Waals surface area contributed by atoms with Crippen LogP contribution in [-0.2, 0) is 16.1 Å². The summed E-state index contributed by atoms with van der Waals surface area (Å²) in [6.07, 6.45) is 0.657. The molecule has 5 N–H and O–H groups in total. The Balaban J connectivity index is 1.67. The van der Waals surface area contributed by atoms with Crippen LogP contribution in [0.1, 0.15) is 43.0 Å². The summed E-state index contributed by atoms with van der Waals surface area (Å²) in [6.45, 7) is 6.88. The predicted octanol–water partition coefficient (Wildman–Crippen LogP) is 1.96. The number of carbonyl (C=O) groups excluding carboxylic acids is 2. The molecule has 160 valence electrons. The van der Waals surface area contributed by atoms with Crippen molar-refractivity contribution in [3.8, 4) is 0 Å². The Hall–Kier alpha value is -2.93. The molecule has 3 rings (SSSR count). The summed E-state index contributed by atoms with van der Waals surface area (Å²) in [5.41, 5.74) is 14.3. The van der Waals surface area contributed by atoms with Crippen LogP contribution in [0.3, 0.4) is 0 Å². The van der Waals surface area contributed by atoms with Crippen molar-refractivity contribution in [1.29, 1.82) is 0 Å². The summed E-state index contributed by atoms with van der Waals surface area (Å²) in [7, 11) is 0. The number of carbonyl (C=O) groups is 2. The molecule has 0 aliphatic carbocycles. The van der Waals surface area contributed by atoms with Crippen LogP contribution < -0.4 is 16.8 Å². The molecule has 1 aliphatic heterocycles. The van der Waals surface area contributed by atoms with Crippen molar-refractivity contribution in [1.82, 2.24) is 15.2 Å². The first kappa shape index (κ1) is 21.8. The van der Waals surface area contributed by atoms with Crippen LogP contribution in [0.2, 0.25) is 0 Å². The van der Waals surface area contributed by atoms with Gasteiger partial charge in [0.2, 0.25) is 11.8 Å².